The van der Waals surface area contributed by atoms with Gasteiger partial charge in [0.15, 0.2) is 12.4 Å². The number of hydrogen-bond acceptors (Lipinski definition) is 5. The summed E-state index contributed by atoms with van der Waals surface area (Å²) in [7, 11) is 0. The fourth-order valence-electron chi connectivity index (χ4n) is 1.80. The molecule has 1 amide bonds. The van der Waals surface area contributed by atoms with Crippen LogP contribution in [0.1, 0.15) is 17.3 Å². The van der Waals surface area contributed by atoms with Crippen LogP contribution in [0, 0.1) is 10.1 Å². The lowest BCUT2D eigenvalue weighted by Gasteiger charge is -2.07. The van der Waals surface area contributed by atoms with Crippen LogP contribution in [0.25, 0.3) is 0 Å². The number of carbonyl (C=O) groups is 2. The number of non-ortho nitro benzene ring substituents is 1. The van der Waals surface area contributed by atoms with Crippen LogP contribution in [0.15, 0.2) is 48.5 Å². The average Bonchev–Trinajstić information content (AvgIpc) is 2.54. The molecule has 7 heteroatoms. The molecule has 0 aliphatic carbocycles. The lowest BCUT2D eigenvalue weighted by atomic mass is 10.1. The van der Waals surface area contributed by atoms with E-state index in [-0.39, 0.29) is 24.0 Å². The van der Waals surface area contributed by atoms with E-state index in [1.54, 1.807) is 24.3 Å². The molecule has 0 bridgehead atoms. The summed E-state index contributed by atoms with van der Waals surface area (Å²) in [4.78, 5) is 32.9. The Bertz CT molecular complexity index is 723. The Hall–Kier alpha value is -3.22. The van der Waals surface area contributed by atoms with Crippen LogP contribution in [-0.4, -0.2) is 23.2 Å². The number of ketones is 1. The Labute approximate surface area is 132 Å². The Morgan fingerprint density at radius 1 is 1.09 bits per heavy atom. The average molecular weight is 314 g/mol. The number of Topliss-reactive ketones (excluding diaryl/α,β-unsaturated/α-hetero) is 1. The minimum Gasteiger partial charge on any atom is -0.484 e. The molecule has 0 radical (unpaired) electrons. The normalized spacial score (nSPS) is 9.96. The van der Waals surface area contributed by atoms with Crippen molar-refractivity contribution in [2.75, 3.05) is 11.9 Å². The summed E-state index contributed by atoms with van der Waals surface area (Å²) in [6.07, 6.45) is 0. The summed E-state index contributed by atoms with van der Waals surface area (Å²) < 4.78 is 5.25. The maximum atomic E-state index is 11.8. The maximum absolute atomic E-state index is 11.8. The van der Waals surface area contributed by atoms with E-state index in [0.717, 1.165) is 0 Å². The summed E-state index contributed by atoms with van der Waals surface area (Å²) in [5.41, 5.74) is 1.06. The number of benzene rings is 2. The van der Waals surface area contributed by atoms with E-state index in [4.69, 9.17) is 4.74 Å². The summed E-state index contributed by atoms with van der Waals surface area (Å²) in [6, 6.07) is 11.9. The molecule has 2 aromatic carbocycles. The molecule has 0 fully saturated rings. The van der Waals surface area contributed by atoms with Crippen molar-refractivity contribution in [3.05, 3.63) is 64.2 Å². The Balaban J connectivity index is 1.87. The van der Waals surface area contributed by atoms with Gasteiger partial charge in [-0.2, -0.15) is 0 Å². The van der Waals surface area contributed by atoms with E-state index in [1.165, 1.54) is 31.2 Å². The van der Waals surface area contributed by atoms with Gasteiger partial charge >= 0.3 is 0 Å². The van der Waals surface area contributed by atoms with Gasteiger partial charge in [0.25, 0.3) is 11.6 Å². The van der Waals surface area contributed by atoms with Gasteiger partial charge in [0.2, 0.25) is 0 Å². The lowest BCUT2D eigenvalue weighted by molar-refractivity contribution is -0.384. The number of carbonyl (C=O) groups excluding carboxylic acids is 2. The number of nitro benzene ring substituents is 1. The van der Waals surface area contributed by atoms with Crippen LogP contribution in [0.3, 0.4) is 0 Å². The third-order valence-electron chi connectivity index (χ3n) is 2.99. The third kappa shape index (κ3) is 4.63. The lowest BCUT2D eigenvalue weighted by Crippen LogP contribution is -2.20. The summed E-state index contributed by atoms with van der Waals surface area (Å²) in [6.45, 7) is 1.23. The second-order valence-electron chi connectivity index (χ2n) is 4.72. The van der Waals surface area contributed by atoms with Crippen LogP contribution in [0.2, 0.25) is 0 Å². The molecule has 0 unspecified atom stereocenters. The van der Waals surface area contributed by atoms with Crippen molar-refractivity contribution >= 4 is 23.1 Å². The zero-order valence-electron chi connectivity index (χ0n) is 12.3. The van der Waals surface area contributed by atoms with Crippen molar-refractivity contribution in [3.8, 4) is 5.75 Å². The van der Waals surface area contributed by atoms with Gasteiger partial charge in [-0.05, 0) is 43.3 Å². The molecule has 0 aromatic heterocycles. The summed E-state index contributed by atoms with van der Waals surface area (Å²) >= 11 is 0. The second kappa shape index (κ2) is 7.17. The topological polar surface area (TPSA) is 98.5 Å². The van der Waals surface area contributed by atoms with Crippen LogP contribution in [0.5, 0.6) is 5.75 Å². The predicted molar refractivity (Wildman–Crippen MR) is 83.7 cm³/mol. The molecule has 23 heavy (non-hydrogen) atoms. The molecule has 1 N–H and O–H groups in total. The van der Waals surface area contributed by atoms with Crippen LogP contribution < -0.4 is 10.1 Å². The zero-order chi connectivity index (χ0) is 16.8. The first kappa shape index (κ1) is 16.2. The quantitative estimate of drug-likeness (QED) is 0.502. The molecule has 0 saturated heterocycles. The maximum Gasteiger partial charge on any atom is 0.269 e. The highest BCUT2D eigenvalue weighted by Gasteiger charge is 2.07. The molecular weight excluding hydrogens is 300 g/mol. The molecule has 2 rings (SSSR count). The van der Waals surface area contributed by atoms with Crippen LogP contribution >= 0.6 is 0 Å². The van der Waals surface area contributed by atoms with E-state index >= 15 is 0 Å². The molecule has 0 spiro atoms. The number of nitrogens with zero attached hydrogens (tertiary/aromatic N) is 1. The van der Waals surface area contributed by atoms with Crippen molar-refractivity contribution in [3.63, 3.8) is 0 Å². The van der Waals surface area contributed by atoms with Gasteiger partial charge < -0.3 is 10.1 Å². The van der Waals surface area contributed by atoms with Crippen molar-refractivity contribution in [2.45, 2.75) is 6.92 Å². The number of hydrogen-bond donors (Lipinski definition) is 1. The Morgan fingerprint density at radius 2 is 1.70 bits per heavy atom. The highest BCUT2D eigenvalue weighted by molar-refractivity contribution is 5.95. The molecule has 0 atom stereocenters. The molecule has 0 aliphatic heterocycles. The van der Waals surface area contributed by atoms with E-state index in [2.05, 4.69) is 5.32 Å². The first-order valence-corrected chi connectivity index (χ1v) is 6.74. The molecule has 0 saturated carbocycles. The first-order chi connectivity index (χ1) is 11.0. The molecule has 2 aromatic rings. The van der Waals surface area contributed by atoms with Crippen molar-refractivity contribution in [1.82, 2.24) is 0 Å². The standard InChI is InChI=1S/C16H14N2O5/c1-11(19)12-2-4-13(5-3-12)17-16(20)10-23-15-8-6-14(7-9-15)18(21)22/h2-9H,10H2,1H3,(H,17,20). The molecule has 0 aliphatic rings. The van der Waals surface area contributed by atoms with E-state index in [0.29, 0.717) is 17.0 Å². The van der Waals surface area contributed by atoms with Crippen molar-refractivity contribution in [1.29, 1.82) is 0 Å². The largest absolute Gasteiger partial charge is 0.484 e. The number of anilines is 1. The Kier molecular flexibility index (Phi) is 5.03. The smallest absolute Gasteiger partial charge is 0.269 e. The van der Waals surface area contributed by atoms with Gasteiger partial charge in [-0.25, -0.2) is 0 Å². The fraction of sp³-hybridized carbons (Fsp3) is 0.125. The van der Waals surface area contributed by atoms with E-state index in [9.17, 15) is 19.7 Å². The predicted octanol–water partition coefficient (Wildman–Crippen LogP) is 2.81. The second-order valence-corrected chi connectivity index (χ2v) is 4.72. The summed E-state index contributed by atoms with van der Waals surface area (Å²) in [5, 5.41) is 13.2. The third-order valence-corrected chi connectivity index (χ3v) is 2.99. The molecule has 7 nitrogen and oxygen atoms in total. The monoisotopic (exact) mass is 314 g/mol. The van der Waals surface area contributed by atoms with Gasteiger partial charge in [-0.1, -0.05) is 0 Å². The van der Waals surface area contributed by atoms with Crippen LogP contribution in [-0.2, 0) is 4.79 Å². The number of nitro groups is 1. The zero-order valence-corrected chi connectivity index (χ0v) is 12.3. The highest BCUT2D eigenvalue weighted by Crippen LogP contribution is 2.17. The highest BCUT2D eigenvalue weighted by atomic mass is 16.6. The first-order valence-electron chi connectivity index (χ1n) is 6.74. The number of nitrogens with one attached hydrogen (secondary N) is 1. The SMILES string of the molecule is CC(=O)c1ccc(NC(=O)COc2ccc([N+](=O)[O-])cc2)cc1. The van der Waals surface area contributed by atoms with Gasteiger partial charge in [0.05, 0.1) is 4.92 Å². The number of ether oxygens (including phenoxy) is 1. The molecular formula is C16H14N2O5. The van der Waals surface area contributed by atoms with Crippen molar-refractivity contribution < 1.29 is 19.2 Å². The van der Waals surface area contributed by atoms with Gasteiger partial charge in [-0.3, -0.25) is 19.7 Å². The fourth-order valence-corrected chi connectivity index (χ4v) is 1.80. The minimum absolute atomic E-state index is 0.0487. The molecule has 118 valence electrons. The number of rotatable bonds is 6. The van der Waals surface area contributed by atoms with Gasteiger partial charge in [0.1, 0.15) is 5.75 Å². The minimum atomic E-state index is -0.513. The Morgan fingerprint density at radius 3 is 2.22 bits per heavy atom. The number of amides is 1. The van der Waals surface area contributed by atoms with Crippen molar-refractivity contribution in [2.24, 2.45) is 0 Å². The van der Waals surface area contributed by atoms with Gasteiger partial charge in [0, 0.05) is 23.4 Å². The van der Waals surface area contributed by atoms with E-state index in [1.807, 2.05) is 0 Å². The summed E-state index contributed by atoms with van der Waals surface area (Å²) in [5.74, 6) is -0.0685. The van der Waals surface area contributed by atoms with E-state index < -0.39 is 4.92 Å². The van der Waals surface area contributed by atoms with Crippen LogP contribution in [0.4, 0.5) is 11.4 Å². The molecule has 0 heterocycles. The van der Waals surface area contributed by atoms with Gasteiger partial charge in [-0.15, -0.1) is 0 Å².